The van der Waals surface area contributed by atoms with Crippen molar-refractivity contribution in [1.82, 2.24) is 4.98 Å². The van der Waals surface area contributed by atoms with Gasteiger partial charge >= 0.3 is 0 Å². The van der Waals surface area contributed by atoms with E-state index in [4.69, 9.17) is 5.53 Å². The number of benzene rings is 2. The number of pyridine rings is 1. The van der Waals surface area contributed by atoms with Gasteiger partial charge in [0.25, 0.3) is 5.56 Å². The van der Waals surface area contributed by atoms with Crippen LogP contribution in [0.4, 0.5) is 5.69 Å². The third kappa shape index (κ3) is 2.78. The first-order chi connectivity index (χ1) is 10.8. The van der Waals surface area contributed by atoms with Crippen LogP contribution in [0.5, 0.6) is 0 Å². The number of H-pyrrole nitrogens is 1. The van der Waals surface area contributed by atoms with Gasteiger partial charge in [-0.3, -0.25) is 4.79 Å². The van der Waals surface area contributed by atoms with Gasteiger partial charge in [-0.2, -0.15) is 5.11 Å². The van der Waals surface area contributed by atoms with Crippen molar-refractivity contribution in [3.05, 3.63) is 82.8 Å². The third-order valence-corrected chi connectivity index (χ3v) is 3.30. The molecule has 5 heteroatoms. The summed E-state index contributed by atoms with van der Waals surface area (Å²) in [5, 5.41) is 7.41. The molecule has 0 bridgehead atoms. The fraction of sp³-hybridized carbons (Fsp3) is 0. The SMILES string of the molecule is N=N/C(=C\Nc1ccccc1)c1cc2ccccc2[nH]c1=O. The van der Waals surface area contributed by atoms with Crippen LogP contribution in [0.15, 0.2) is 76.8 Å². The van der Waals surface area contributed by atoms with E-state index < -0.39 is 0 Å². The number of nitrogens with one attached hydrogen (secondary N) is 3. The first-order valence-electron chi connectivity index (χ1n) is 6.79. The zero-order chi connectivity index (χ0) is 15.4. The molecule has 0 unspecified atom stereocenters. The lowest BCUT2D eigenvalue weighted by molar-refractivity contribution is 1.14. The van der Waals surface area contributed by atoms with Crippen molar-refractivity contribution in [3.63, 3.8) is 0 Å². The van der Waals surface area contributed by atoms with Crippen LogP contribution in [0, 0.1) is 5.53 Å². The summed E-state index contributed by atoms with van der Waals surface area (Å²) in [5.41, 5.74) is 9.32. The number of nitrogens with zero attached hydrogens (tertiary/aromatic N) is 1. The smallest absolute Gasteiger partial charge is 0.258 e. The average molecular weight is 290 g/mol. The number of aromatic nitrogens is 1. The van der Waals surface area contributed by atoms with Gasteiger partial charge in [0.05, 0.1) is 5.56 Å². The Labute approximate surface area is 126 Å². The monoisotopic (exact) mass is 290 g/mol. The molecule has 2 aromatic carbocycles. The normalized spacial score (nSPS) is 11.4. The van der Waals surface area contributed by atoms with Gasteiger partial charge in [-0.05, 0) is 29.7 Å². The number of rotatable bonds is 4. The summed E-state index contributed by atoms with van der Waals surface area (Å²) in [5.74, 6) is 0. The van der Waals surface area contributed by atoms with Crippen LogP contribution >= 0.6 is 0 Å². The van der Waals surface area contributed by atoms with E-state index in [1.807, 2.05) is 54.6 Å². The van der Waals surface area contributed by atoms with Crippen LogP contribution in [0.1, 0.15) is 5.56 Å². The number of hydrogen-bond donors (Lipinski definition) is 3. The molecule has 0 aliphatic carbocycles. The van der Waals surface area contributed by atoms with E-state index in [0.717, 1.165) is 16.6 Å². The lowest BCUT2D eigenvalue weighted by Crippen LogP contribution is -2.11. The molecule has 0 saturated carbocycles. The van der Waals surface area contributed by atoms with Gasteiger partial charge in [0.15, 0.2) is 0 Å². The fourth-order valence-electron chi connectivity index (χ4n) is 2.19. The minimum absolute atomic E-state index is 0.268. The van der Waals surface area contributed by atoms with E-state index in [1.165, 1.54) is 0 Å². The summed E-state index contributed by atoms with van der Waals surface area (Å²) in [4.78, 5) is 15.0. The van der Waals surface area contributed by atoms with Gasteiger partial charge in [0.2, 0.25) is 0 Å². The largest absolute Gasteiger partial charge is 0.360 e. The summed E-state index contributed by atoms with van der Waals surface area (Å²) in [6.07, 6.45) is 1.56. The Morgan fingerprint density at radius 2 is 1.82 bits per heavy atom. The number of anilines is 1. The highest BCUT2D eigenvalue weighted by Gasteiger charge is 2.07. The molecule has 0 aliphatic heterocycles. The Balaban J connectivity index is 2.01. The average Bonchev–Trinajstić information content (AvgIpc) is 2.56. The molecule has 3 aromatic rings. The van der Waals surface area contributed by atoms with Gasteiger partial charge < -0.3 is 10.3 Å². The molecule has 0 aliphatic rings. The topological polar surface area (TPSA) is 81.1 Å². The molecule has 3 rings (SSSR count). The predicted molar refractivity (Wildman–Crippen MR) is 87.8 cm³/mol. The molecule has 0 atom stereocenters. The number of fused-ring (bicyclic) bond motifs is 1. The second-order valence-electron chi connectivity index (χ2n) is 4.75. The molecule has 3 N–H and O–H groups in total. The Morgan fingerprint density at radius 1 is 1.09 bits per heavy atom. The van der Waals surface area contributed by atoms with Crippen molar-refractivity contribution < 1.29 is 0 Å². The van der Waals surface area contributed by atoms with Gasteiger partial charge in [0, 0.05) is 17.4 Å². The van der Waals surface area contributed by atoms with Crippen molar-refractivity contribution in [2.45, 2.75) is 0 Å². The second kappa shape index (κ2) is 6.05. The van der Waals surface area contributed by atoms with Crippen LogP contribution in [-0.4, -0.2) is 4.98 Å². The van der Waals surface area contributed by atoms with E-state index in [1.54, 1.807) is 12.3 Å². The maximum atomic E-state index is 12.2. The summed E-state index contributed by atoms with van der Waals surface area (Å²) in [7, 11) is 0. The highest BCUT2D eigenvalue weighted by molar-refractivity contribution is 5.82. The van der Waals surface area contributed by atoms with Gasteiger partial charge in [-0.15, -0.1) is 0 Å². The Bertz CT molecular complexity index is 897. The van der Waals surface area contributed by atoms with E-state index >= 15 is 0 Å². The summed E-state index contributed by atoms with van der Waals surface area (Å²) < 4.78 is 0. The van der Waals surface area contributed by atoms with Crippen molar-refractivity contribution in [1.29, 1.82) is 5.53 Å². The molecule has 5 nitrogen and oxygen atoms in total. The Morgan fingerprint density at radius 3 is 2.59 bits per heavy atom. The Kier molecular flexibility index (Phi) is 3.78. The summed E-state index contributed by atoms with van der Waals surface area (Å²) >= 11 is 0. The molecule has 0 fully saturated rings. The molecule has 22 heavy (non-hydrogen) atoms. The first-order valence-corrected chi connectivity index (χ1v) is 6.79. The van der Waals surface area contributed by atoms with Crippen LogP contribution in [0.3, 0.4) is 0 Å². The maximum absolute atomic E-state index is 12.2. The van der Waals surface area contributed by atoms with Gasteiger partial charge in [-0.25, -0.2) is 5.53 Å². The zero-order valence-electron chi connectivity index (χ0n) is 11.7. The van der Waals surface area contributed by atoms with Crippen LogP contribution < -0.4 is 10.9 Å². The van der Waals surface area contributed by atoms with E-state index in [-0.39, 0.29) is 11.3 Å². The molecular weight excluding hydrogens is 276 g/mol. The molecule has 0 radical (unpaired) electrons. The summed E-state index contributed by atoms with van der Waals surface area (Å²) in [6.45, 7) is 0. The Hall–Kier alpha value is -3.21. The number of aromatic amines is 1. The van der Waals surface area contributed by atoms with Crippen molar-refractivity contribution in [3.8, 4) is 0 Å². The van der Waals surface area contributed by atoms with E-state index in [0.29, 0.717) is 5.56 Å². The number of para-hydroxylation sites is 2. The predicted octanol–water partition coefficient (Wildman–Crippen LogP) is 3.97. The molecule has 0 saturated heterocycles. The molecule has 0 amide bonds. The van der Waals surface area contributed by atoms with Crippen LogP contribution in [0.2, 0.25) is 0 Å². The number of hydrogen-bond acceptors (Lipinski definition) is 4. The maximum Gasteiger partial charge on any atom is 0.258 e. The minimum Gasteiger partial charge on any atom is -0.360 e. The third-order valence-electron chi connectivity index (χ3n) is 3.30. The minimum atomic E-state index is -0.268. The van der Waals surface area contributed by atoms with Gasteiger partial charge in [0.1, 0.15) is 5.70 Å². The van der Waals surface area contributed by atoms with E-state index in [2.05, 4.69) is 15.4 Å². The standard InChI is InChI=1S/C17H14N4O/c18-21-16(11-19-13-7-2-1-3-8-13)14-10-12-6-4-5-9-15(12)20-17(14)22/h1-11,18-19H,(H,20,22)/b16-11-,21-18?. The molecule has 1 aromatic heterocycles. The molecule has 108 valence electrons. The molecular formula is C17H14N4O. The van der Waals surface area contributed by atoms with Crippen LogP contribution in [-0.2, 0) is 0 Å². The lowest BCUT2D eigenvalue weighted by Gasteiger charge is -2.04. The quantitative estimate of drug-likeness (QED) is 0.635. The molecule has 0 spiro atoms. The highest BCUT2D eigenvalue weighted by Crippen LogP contribution is 2.17. The molecule has 1 heterocycles. The summed E-state index contributed by atoms with van der Waals surface area (Å²) in [6, 6.07) is 18.7. The van der Waals surface area contributed by atoms with Crippen molar-refractivity contribution in [2.75, 3.05) is 5.32 Å². The second-order valence-corrected chi connectivity index (χ2v) is 4.75. The lowest BCUT2D eigenvalue weighted by atomic mass is 10.1. The van der Waals surface area contributed by atoms with Crippen LogP contribution in [0.25, 0.3) is 16.6 Å². The van der Waals surface area contributed by atoms with Gasteiger partial charge in [-0.1, -0.05) is 36.4 Å². The van der Waals surface area contributed by atoms with Crippen molar-refractivity contribution >= 4 is 22.3 Å². The van der Waals surface area contributed by atoms with Crippen molar-refractivity contribution in [2.24, 2.45) is 5.11 Å². The van der Waals surface area contributed by atoms with E-state index in [9.17, 15) is 4.79 Å². The zero-order valence-corrected chi connectivity index (χ0v) is 11.7. The highest BCUT2D eigenvalue weighted by atomic mass is 16.1. The fourth-order valence-corrected chi connectivity index (χ4v) is 2.19. The first kappa shape index (κ1) is 13.8.